The van der Waals surface area contributed by atoms with Gasteiger partial charge in [-0.05, 0) is 67.7 Å². The minimum absolute atomic E-state index is 0.0423. The van der Waals surface area contributed by atoms with Gasteiger partial charge in [0.25, 0.3) is 0 Å². The standard InChI is InChI=1S/C19H24O4/c1-11(20)16-7-8-17-15-5-3-12-9-13(22-2)4-6-14(12)18(15)23-10-19(16,17)21/h4,6,9,15-18,21H,3,5,7-8,10H2,1-2H3/t15-,16-,17-,18+,19-/m0/s1. The first-order valence-corrected chi connectivity index (χ1v) is 8.56. The van der Waals surface area contributed by atoms with Crippen LogP contribution in [0.1, 0.15) is 43.4 Å². The van der Waals surface area contributed by atoms with Crippen LogP contribution in [-0.4, -0.2) is 30.2 Å². The number of methoxy groups -OCH3 is 1. The summed E-state index contributed by atoms with van der Waals surface area (Å²) in [5.74, 6) is 1.19. The number of carbonyl (C=O) groups is 1. The average Bonchev–Trinajstić information content (AvgIpc) is 2.91. The van der Waals surface area contributed by atoms with Gasteiger partial charge in [-0.1, -0.05) is 6.07 Å². The maximum atomic E-state index is 11.9. The predicted molar refractivity (Wildman–Crippen MR) is 85.3 cm³/mol. The van der Waals surface area contributed by atoms with Gasteiger partial charge >= 0.3 is 0 Å². The third-order valence-electron chi connectivity index (χ3n) is 6.31. The fourth-order valence-electron chi connectivity index (χ4n) is 5.21. The fourth-order valence-corrected chi connectivity index (χ4v) is 5.21. The van der Waals surface area contributed by atoms with Gasteiger partial charge in [-0.3, -0.25) is 4.79 Å². The van der Waals surface area contributed by atoms with E-state index in [1.54, 1.807) is 14.0 Å². The number of ketones is 1. The van der Waals surface area contributed by atoms with E-state index in [9.17, 15) is 9.90 Å². The minimum atomic E-state index is -0.961. The van der Waals surface area contributed by atoms with Crippen LogP contribution in [0.25, 0.3) is 0 Å². The number of rotatable bonds is 2. The highest BCUT2D eigenvalue weighted by atomic mass is 16.5. The van der Waals surface area contributed by atoms with E-state index in [1.807, 2.05) is 6.07 Å². The van der Waals surface area contributed by atoms with Crippen LogP contribution in [0.5, 0.6) is 5.75 Å². The maximum Gasteiger partial charge on any atom is 0.135 e. The lowest BCUT2D eigenvalue weighted by Gasteiger charge is -2.49. The van der Waals surface area contributed by atoms with Crippen molar-refractivity contribution >= 4 is 5.78 Å². The summed E-state index contributed by atoms with van der Waals surface area (Å²) in [5.41, 5.74) is 1.56. The summed E-state index contributed by atoms with van der Waals surface area (Å²) in [7, 11) is 1.69. The van der Waals surface area contributed by atoms with Crippen molar-refractivity contribution in [3.8, 4) is 5.75 Å². The molecule has 4 rings (SSSR count). The van der Waals surface area contributed by atoms with E-state index in [4.69, 9.17) is 9.47 Å². The zero-order valence-corrected chi connectivity index (χ0v) is 13.7. The molecule has 5 atom stereocenters. The van der Waals surface area contributed by atoms with E-state index in [2.05, 4.69) is 12.1 Å². The van der Waals surface area contributed by atoms with Crippen LogP contribution < -0.4 is 4.74 Å². The van der Waals surface area contributed by atoms with Gasteiger partial charge in [0.2, 0.25) is 0 Å². The Labute approximate surface area is 136 Å². The maximum absolute atomic E-state index is 11.9. The molecule has 1 saturated heterocycles. The second kappa shape index (κ2) is 5.32. The molecule has 0 unspecified atom stereocenters. The highest BCUT2D eigenvalue weighted by molar-refractivity contribution is 5.80. The largest absolute Gasteiger partial charge is 0.497 e. The zero-order chi connectivity index (χ0) is 16.2. The SMILES string of the molecule is COc1ccc2c(c1)CC[C@@H]1[C@@H]2OC[C@]2(O)[C@H](C(C)=O)CC[C@@H]12. The number of Topliss-reactive ketones (excluding diaryl/α,β-unsaturated/α-hetero) is 1. The van der Waals surface area contributed by atoms with Crippen LogP contribution in [0.3, 0.4) is 0 Å². The lowest BCUT2D eigenvalue weighted by Crippen LogP contribution is -2.54. The van der Waals surface area contributed by atoms with Crippen molar-refractivity contribution in [1.29, 1.82) is 0 Å². The lowest BCUT2D eigenvalue weighted by molar-refractivity contribution is -0.196. The van der Waals surface area contributed by atoms with Crippen molar-refractivity contribution in [1.82, 2.24) is 0 Å². The van der Waals surface area contributed by atoms with Crippen molar-refractivity contribution in [2.45, 2.75) is 44.3 Å². The molecule has 0 radical (unpaired) electrons. The van der Waals surface area contributed by atoms with E-state index in [0.29, 0.717) is 5.92 Å². The van der Waals surface area contributed by atoms with Crippen molar-refractivity contribution in [2.24, 2.45) is 17.8 Å². The minimum Gasteiger partial charge on any atom is -0.497 e. The van der Waals surface area contributed by atoms with Gasteiger partial charge in [-0.2, -0.15) is 0 Å². The molecule has 0 bridgehead atoms. The van der Waals surface area contributed by atoms with Crippen LogP contribution in [-0.2, 0) is 16.0 Å². The third kappa shape index (κ3) is 2.15. The summed E-state index contributed by atoms with van der Waals surface area (Å²) in [6.45, 7) is 1.87. The van der Waals surface area contributed by atoms with Gasteiger partial charge in [-0.25, -0.2) is 0 Å². The van der Waals surface area contributed by atoms with E-state index in [-0.39, 0.29) is 30.3 Å². The normalized spacial score (nSPS) is 38.4. The van der Waals surface area contributed by atoms with E-state index in [1.165, 1.54) is 11.1 Å². The van der Waals surface area contributed by atoms with Gasteiger partial charge in [0.05, 0.1) is 19.8 Å². The number of carbonyl (C=O) groups excluding carboxylic acids is 1. The number of fused-ring (bicyclic) bond motifs is 5. The van der Waals surface area contributed by atoms with Gasteiger partial charge in [-0.15, -0.1) is 0 Å². The van der Waals surface area contributed by atoms with Crippen LogP contribution in [0.2, 0.25) is 0 Å². The first-order chi connectivity index (χ1) is 11.0. The topological polar surface area (TPSA) is 55.8 Å². The number of benzene rings is 1. The molecule has 3 aliphatic rings. The molecule has 1 N–H and O–H groups in total. The molecule has 4 nitrogen and oxygen atoms in total. The molecule has 1 aromatic carbocycles. The summed E-state index contributed by atoms with van der Waals surface area (Å²) >= 11 is 0. The van der Waals surface area contributed by atoms with Crippen LogP contribution in [0.4, 0.5) is 0 Å². The van der Waals surface area contributed by atoms with Crippen molar-refractivity contribution in [3.63, 3.8) is 0 Å². The Balaban J connectivity index is 1.66. The lowest BCUT2D eigenvalue weighted by atomic mass is 9.66. The smallest absolute Gasteiger partial charge is 0.135 e. The number of hydrogen-bond acceptors (Lipinski definition) is 4. The summed E-state index contributed by atoms with van der Waals surface area (Å²) < 4.78 is 11.5. The van der Waals surface area contributed by atoms with Crippen LogP contribution in [0, 0.1) is 17.8 Å². The molecule has 2 fully saturated rings. The molecule has 4 heteroatoms. The Morgan fingerprint density at radius 1 is 1.35 bits per heavy atom. The van der Waals surface area contributed by atoms with Gasteiger partial charge in [0.1, 0.15) is 17.1 Å². The molecule has 1 aromatic rings. The Bertz CT molecular complexity index is 640. The quantitative estimate of drug-likeness (QED) is 0.911. The molecular weight excluding hydrogens is 292 g/mol. The van der Waals surface area contributed by atoms with Gasteiger partial charge in [0, 0.05) is 5.92 Å². The first-order valence-electron chi connectivity index (χ1n) is 8.56. The summed E-state index contributed by atoms with van der Waals surface area (Å²) in [5, 5.41) is 11.1. The predicted octanol–water partition coefficient (Wildman–Crippen LogP) is 2.68. The number of hydrogen-bond donors (Lipinski definition) is 1. The van der Waals surface area contributed by atoms with Crippen LogP contribution >= 0.6 is 0 Å². The summed E-state index contributed by atoms with van der Waals surface area (Å²) in [6.07, 6.45) is 3.74. The average molecular weight is 316 g/mol. The Kier molecular flexibility index (Phi) is 3.50. The number of aliphatic hydroxyl groups is 1. The van der Waals surface area contributed by atoms with Crippen LogP contribution in [0.15, 0.2) is 18.2 Å². The fraction of sp³-hybridized carbons (Fsp3) is 0.632. The molecule has 2 aliphatic carbocycles. The van der Waals surface area contributed by atoms with Crippen molar-refractivity contribution in [3.05, 3.63) is 29.3 Å². The molecule has 1 aliphatic heterocycles. The molecule has 0 amide bonds. The second-order valence-corrected chi connectivity index (χ2v) is 7.34. The molecule has 0 aromatic heterocycles. The highest BCUT2D eigenvalue weighted by Crippen LogP contribution is 2.56. The van der Waals surface area contributed by atoms with Gasteiger partial charge in [0.15, 0.2) is 0 Å². The van der Waals surface area contributed by atoms with E-state index in [0.717, 1.165) is 31.4 Å². The van der Waals surface area contributed by atoms with Gasteiger partial charge < -0.3 is 14.6 Å². The molecule has 124 valence electrons. The Hall–Kier alpha value is -1.39. The zero-order valence-electron chi connectivity index (χ0n) is 13.7. The molecule has 1 saturated carbocycles. The monoisotopic (exact) mass is 316 g/mol. The Morgan fingerprint density at radius 3 is 2.91 bits per heavy atom. The summed E-state index contributed by atoms with van der Waals surface area (Å²) in [4.78, 5) is 11.9. The summed E-state index contributed by atoms with van der Waals surface area (Å²) in [6, 6.07) is 6.19. The first kappa shape index (κ1) is 15.2. The molecular formula is C19H24O4. The van der Waals surface area contributed by atoms with E-state index >= 15 is 0 Å². The number of ether oxygens (including phenoxy) is 2. The number of aryl methyl sites for hydroxylation is 1. The highest BCUT2D eigenvalue weighted by Gasteiger charge is 2.58. The van der Waals surface area contributed by atoms with E-state index < -0.39 is 5.60 Å². The third-order valence-corrected chi connectivity index (χ3v) is 6.31. The van der Waals surface area contributed by atoms with Crippen molar-refractivity contribution in [2.75, 3.05) is 13.7 Å². The Morgan fingerprint density at radius 2 is 2.17 bits per heavy atom. The van der Waals surface area contributed by atoms with Crippen molar-refractivity contribution < 1.29 is 19.4 Å². The second-order valence-electron chi connectivity index (χ2n) is 7.34. The molecule has 0 spiro atoms. The molecule has 23 heavy (non-hydrogen) atoms. The molecule has 1 heterocycles.